The number of fused-ring (bicyclic) bond motifs is 5. The van der Waals surface area contributed by atoms with Gasteiger partial charge in [-0.15, -0.1) is 0 Å². The topological polar surface area (TPSA) is 124 Å². The van der Waals surface area contributed by atoms with Crippen LogP contribution in [0.3, 0.4) is 0 Å². The van der Waals surface area contributed by atoms with Gasteiger partial charge in [0.1, 0.15) is 18.3 Å². The number of benzene rings is 1. The smallest absolute Gasteiger partial charge is 0.351 e. The number of carbonyl (C=O) groups excluding carboxylic acids is 3. The molecule has 0 radical (unpaired) electrons. The van der Waals surface area contributed by atoms with Crippen LogP contribution in [0.2, 0.25) is 0 Å². The summed E-state index contributed by atoms with van der Waals surface area (Å²) < 4.78 is 29.1. The SMILES string of the molecule is CC[C@H]1OC(=O)[C@@](C)(F)C(=O)[C@H](C)[C@@H](C(C)(C)C)[C@@]2(C)C[C@@H](C)/C(=N\C(C)=O)[C@H](C)[C@@H](CC/C(=N\OCc3ccccc3)CO2)[C@]1(C)O. The van der Waals surface area contributed by atoms with E-state index in [1.165, 1.54) is 6.92 Å². The van der Waals surface area contributed by atoms with E-state index in [0.717, 1.165) is 12.5 Å². The third-order valence-corrected chi connectivity index (χ3v) is 10.5. The zero-order valence-electron chi connectivity index (χ0n) is 30.8. The lowest BCUT2D eigenvalue weighted by molar-refractivity contribution is -0.188. The van der Waals surface area contributed by atoms with Gasteiger partial charge in [-0.05, 0) is 69.3 Å². The van der Waals surface area contributed by atoms with Crippen molar-refractivity contribution in [1.82, 2.24) is 0 Å². The molecule has 0 spiro atoms. The van der Waals surface area contributed by atoms with E-state index in [1.54, 1.807) is 20.8 Å². The second kappa shape index (κ2) is 15.3. The highest BCUT2D eigenvalue weighted by atomic mass is 19.1. The van der Waals surface area contributed by atoms with Crippen LogP contribution in [0.1, 0.15) is 107 Å². The molecule has 1 aromatic carbocycles. The van der Waals surface area contributed by atoms with Gasteiger partial charge in [0.15, 0.2) is 5.78 Å². The molecule has 1 aromatic rings. The van der Waals surface area contributed by atoms with Gasteiger partial charge in [-0.25, -0.2) is 14.2 Å². The average molecular weight is 673 g/mol. The number of ether oxygens (including phenoxy) is 2. The number of halogens is 1. The van der Waals surface area contributed by atoms with Crippen LogP contribution in [0.4, 0.5) is 4.39 Å². The normalized spacial score (nSPS) is 37.7. The van der Waals surface area contributed by atoms with Crippen LogP contribution in [0.5, 0.6) is 0 Å². The zero-order chi connectivity index (χ0) is 36.2. The Labute approximate surface area is 286 Å². The Morgan fingerprint density at radius 2 is 1.71 bits per heavy atom. The number of cyclic esters (lactones) is 1. The quantitative estimate of drug-likeness (QED) is 0.206. The summed E-state index contributed by atoms with van der Waals surface area (Å²) in [7, 11) is 0. The molecule has 2 fully saturated rings. The molecule has 2 bridgehead atoms. The Hall–Kier alpha value is -2.98. The van der Waals surface area contributed by atoms with Gasteiger partial charge in [0.2, 0.25) is 5.91 Å². The van der Waals surface area contributed by atoms with Gasteiger partial charge in [0.25, 0.3) is 5.67 Å². The Balaban J connectivity index is 2.34. The fourth-order valence-corrected chi connectivity index (χ4v) is 8.54. The van der Waals surface area contributed by atoms with E-state index >= 15 is 4.39 Å². The average Bonchev–Trinajstić information content (AvgIpc) is 3.00. The third kappa shape index (κ3) is 8.78. The number of amides is 1. The van der Waals surface area contributed by atoms with Gasteiger partial charge >= 0.3 is 5.97 Å². The number of nitrogens with zero attached hydrogens (tertiary/aromatic N) is 2. The fourth-order valence-electron chi connectivity index (χ4n) is 8.54. The molecule has 3 rings (SSSR count). The summed E-state index contributed by atoms with van der Waals surface area (Å²) in [4.78, 5) is 50.6. The van der Waals surface area contributed by atoms with Gasteiger partial charge < -0.3 is 19.4 Å². The number of rotatable bonds is 4. The molecule has 2 aliphatic heterocycles. The van der Waals surface area contributed by atoms with Crippen molar-refractivity contribution in [2.75, 3.05) is 6.61 Å². The number of ketones is 1. The lowest BCUT2D eigenvalue weighted by atomic mass is 9.60. The molecule has 1 amide bonds. The third-order valence-electron chi connectivity index (χ3n) is 10.5. The van der Waals surface area contributed by atoms with Gasteiger partial charge in [0, 0.05) is 30.4 Å². The Morgan fingerprint density at radius 1 is 1.08 bits per heavy atom. The first-order valence-electron chi connectivity index (χ1n) is 17.3. The molecule has 1 N–H and O–H groups in total. The van der Waals surface area contributed by atoms with Crippen molar-refractivity contribution >= 4 is 29.1 Å². The number of oxime groups is 1. The summed E-state index contributed by atoms with van der Waals surface area (Å²) in [6, 6.07) is 9.65. The second-order valence-corrected chi connectivity index (χ2v) is 15.6. The zero-order valence-corrected chi connectivity index (χ0v) is 30.8. The molecule has 0 unspecified atom stereocenters. The molecule has 0 aliphatic carbocycles. The van der Waals surface area contributed by atoms with Crippen LogP contribution in [-0.4, -0.2) is 63.8 Å². The maximum Gasteiger partial charge on any atom is 0.351 e. The fraction of sp³-hybridized carbons (Fsp3) is 0.711. The molecule has 9 nitrogen and oxygen atoms in total. The molecule has 9 atom stereocenters. The number of hydrogen-bond donors (Lipinski definition) is 1. The van der Waals surface area contributed by atoms with Gasteiger partial charge in [-0.2, -0.15) is 0 Å². The van der Waals surface area contributed by atoms with E-state index in [-0.39, 0.29) is 31.5 Å². The van der Waals surface area contributed by atoms with Crippen molar-refractivity contribution in [2.45, 2.75) is 131 Å². The molecular formula is C38H57FN2O7. The van der Waals surface area contributed by atoms with E-state index < -0.39 is 63.8 Å². The van der Waals surface area contributed by atoms with Crippen molar-refractivity contribution in [3.63, 3.8) is 0 Å². The van der Waals surface area contributed by atoms with E-state index in [1.807, 2.05) is 71.9 Å². The lowest BCUT2D eigenvalue weighted by Crippen LogP contribution is -2.57. The number of Topliss-reactive ketones (excluding diaryl/α,β-unsaturated/α-hetero) is 1. The molecule has 2 saturated heterocycles. The van der Waals surface area contributed by atoms with Crippen molar-refractivity contribution < 1.29 is 38.2 Å². The van der Waals surface area contributed by atoms with E-state index in [2.05, 4.69) is 10.1 Å². The maximum absolute atomic E-state index is 16.5. The summed E-state index contributed by atoms with van der Waals surface area (Å²) in [6.45, 7) is 19.3. The van der Waals surface area contributed by atoms with Crippen LogP contribution >= 0.6 is 0 Å². The minimum atomic E-state index is -2.97. The van der Waals surface area contributed by atoms with Gasteiger partial charge in [-0.3, -0.25) is 9.59 Å². The molecule has 10 heteroatoms. The number of alkyl halides is 1. The summed E-state index contributed by atoms with van der Waals surface area (Å²) >= 11 is 0. The van der Waals surface area contributed by atoms with Crippen LogP contribution in [0.15, 0.2) is 40.5 Å². The van der Waals surface area contributed by atoms with E-state index in [0.29, 0.717) is 30.7 Å². The first-order chi connectivity index (χ1) is 22.2. The van der Waals surface area contributed by atoms with Crippen LogP contribution in [0, 0.1) is 35.0 Å². The molecule has 2 aliphatic rings. The van der Waals surface area contributed by atoms with Crippen LogP contribution in [0.25, 0.3) is 0 Å². The van der Waals surface area contributed by atoms with Crippen LogP contribution in [-0.2, 0) is 35.3 Å². The summed E-state index contributed by atoms with van der Waals surface area (Å²) in [5.41, 5.74) is -4.26. The Bertz CT molecular complexity index is 1370. The summed E-state index contributed by atoms with van der Waals surface area (Å²) in [6.07, 6.45) is -0.00108. The highest BCUT2D eigenvalue weighted by Crippen LogP contribution is 2.48. The molecular weight excluding hydrogens is 615 g/mol. The Morgan fingerprint density at radius 3 is 2.27 bits per heavy atom. The van der Waals surface area contributed by atoms with Crippen molar-refractivity contribution in [2.24, 2.45) is 45.2 Å². The number of aliphatic hydroxyl groups is 1. The standard InChI is InChI=1S/C38H57FN2O7/c1-12-30-38(11,45)29-19-18-28(41-47-21-27-16-14-13-15-17-27)22-46-36(9,20-23(2)31(24(29)3)40-26(5)42)32(35(6,7)8)25(4)33(43)37(10,39)34(44)48-30/h13-17,23-25,29-30,32,45H,12,18-22H2,1-11H3/b40-31+,41-28+/t23-,24-,25-,29-,30-,32+,36-,37+,38+/m1/s1. The summed E-state index contributed by atoms with van der Waals surface area (Å²) in [5, 5.41) is 16.8. The first-order valence-corrected chi connectivity index (χ1v) is 17.3. The number of carbonyl (C=O) groups is 3. The molecule has 0 aromatic heterocycles. The molecule has 268 valence electrons. The Kier molecular flexibility index (Phi) is 12.6. The summed E-state index contributed by atoms with van der Waals surface area (Å²) in [5.74, 6) is -5.65. The molecule has 2 heterocycles. The number of hydrogen-bond acceptors (Lipinski definition) is 8. The van der Waals surface area contributed by atoms with E-state index in [9.17, 15) is 19.5 Å². The largest absolute Gasteiger partial charge is 0.457 e. The maximum atomic E-state index is 16.5. The predicted octanol–water partition coefficient (Wildman–Crippen LogP) is 7.08. The van der Waals surface area contributed by atoms with Gasteiger partial charge in [-0.1, -0.05) is 84.0 Å². The van der Waals surface area contributed by atoms with Crippen molar-refractivity contribution in [3.8, 4) is 0 Å². The number of esters is 1. The second-order valence-electron chi connectivity index (χ2n) is 15.6. The highest BCUT2D eigenvalue weighted by molar-refractivity contribution is 6.07. The highest BCUT2D eigenvalue weighted by Gasteiger charge is 2.56. The minimum Gasteiger partial charge on any atom is -0.457 e. The number of aliphatic imine (C=N–C) groups is 1. The van der Waals surface area contributed by atoms with Gasteiger partial charge in [0.05, 0.1) is 17.9 Å². The molecule has 0 saturated carbocycles. The lowest BCUT2D eigenvalue weighted by Gasteiger charge is -2.49. The van der Waals surface area contributed by atoms with Crippen molar-refractivity contribution in [3.05, 3.63) is 35.9 Å². The predicted molar refractivity (Wildman–Crippen MR) is 184 cm³/mol. The van der Waals surface area contributed by atoms with Crippen molar-refractivity contribution in [1.29, 1.82) is 0 Å². The minimum absolute atomic E-state index is 0.0491. The first kappa shape index (κ1) is 39.5. The monoisotopic (exact) mass is 672 g/mol. The molecule has 48 heavy (non-hydrogen) atoms. The van der Waals surface area contributed by atoms with E-state index in [4.69, 9.17) is 14.3 Å². The van der Waals surface area contributed by atoms with Crippen LogP contribution < -0.4 is 0 Å².